The van der Waals surface area contributed by atoms with Crippen LogP contribution in [0.25, 0.3) is 0 Å². The van der Waals surface area contributed by atoms with E-state index >= 15 is 0 Å². The molecular weight excluding hydrogens is 206 g/mol. The van der Waals surface area contributed by atoms with Crippen LogP contribution in [0.1, 0.15) is 68.5 Å². The molecule has 1 saturated heterocycles. The molecule has 1 nitrogen and oxygen atoms in total. The highest BCUT2D eigenvalue weighted by Crippen LogP contribution is 2.37. The zero-order valence-electron chi connectivity index (χ0n) is 10.8. The van der Waals surface area contributed by atoms with Crippen molar-refractivity contribution in [1.82, 2.24) is 5.32 Å². The van der Waals surface area contributed by atoms with Crippen molar-refractivity contribution in [2.24, 2.45) is 0 Å². The number of hydrogen-bond donors (Lipinski definition) is 1. The Morgan fingerprint density at radius 2 is 1.76 bits per heavy atom. The molecule has 1 aromatic carbocycles. The third kappa shape index (κ3) is 2.40. The summed E-state index contributed by atoms with van der Waals surface area (Å²) in [6.07, 6.45) is 8.23. The maximum absolute atomic E-state index is 3.73. The SMILES string of the molecule is CC1CCCC(c2cccc(C3CCC3)c2)N1. The van der Waals surface area contributed by atoms with Crippen LogP contribution in [-0.4, -0.2) is 6.04 Å². The van der Waals surface area contributed by atoms with E-state index in [1.165, 1.54) is 44.1 Å². The van der Waals surface area contributed by atoms with Crippen LogP contribution in [0.3, 0.4) is 0 Å². The average Bonchev–Trinajstić information content (AvgIpc) is 2.27. The zero-order chi connectivity index (χ0) is 11.7. The summed E-state index contributed by atoms with van der Waals surface area (Å²) in [4.78, 5) is 0. The molecule has 1 heteroatoms. The van der Waals surface area contributed by atoms with Gasteiger partial charge in [0, 0.05) is 12.1 Å². The van der Waals surface area contributed by atoms with Crippen molar-refractivity contribution < 1.29 is 0 Å². The highest BCUT2D eigenvalue weighted by Gasteiger charge is 2.22. The van der Waals surface area contributed by atoms with Gasteiger partial charge in [-0.1, -0.05) is 37.1 Å². The molecule has 0 spiro atoms. The van der Waals surface area contributed by atoms with Crippen LogP contribution in [0.2, 0.25) is 0 Å². The highest BCUT2D eigenvalue weighted by atomic mass is 15.0. The molecule has 1 aromatic rings. The topological polar surface area (TPSA) is 12.0 Å². The van der Waals surface area contributed by atoms with E-state index in [4.69, 9.17) is 0 Å². The minimum Gasteiger partial charge on any atom is -0.307 e. The van der Waals surface area contributed by atoms with Gasteiger partial charge < -0.3 is 5.32 Å². The van der Waals surface area contributed by atoms with Crippen molar-refractivity contribution in [2.75, 3.05) is 0 Å². The monoisotopic (exact) mass is 229 g/mol. The van der Waals surface area contributed by atoms with E-state index in [9.17, 15) is 0 Å². The molecule has 1 aliphatic heterocycles. The van der Waals surface area contributed by atoms with E-state index in [2.05, 4.69) is 36.5 Å². The Morgan fingerprint density at radius 1 is 1.00 bits per heavy atom. The van der Waals surface area contributed by atoms with Crippen molar-refractivity contribution in [1.29, 1.82) is 0 Å². The Hall–Kier alpha value is -0.820. The van der Waals surface area contributed by atoms with Gasteiger partial charge in [0.05, 0.1) is 0 Å². The Kier molecular flexibility index (Phi) is 3.19. The van der Waals surface area contributed by atoms with Crippen LogP contribution in [0.4, 0.5) is 0 Å². The van der Waals surface area contributed by atoms with Crippen molar-refractivity contribution in [3.05, 3.63) is 35.4 Å². The van der Waals surface area contributed by atoms with Crippen molar-refractivity contribution in [2.45, 2.75) is 63.5 Å². The summed E-state index contributed by atoms with van der Waals surface area (Å²) in [5.41, 5.74) is 3.09. The fraction of sp³-hybridized carbons (Fsp3) is 0.625. The fourth-order valence-electron chi connectivity index (χ4n) is 3.17. The molecular formula is C16H23N. The predicted octanol–water partition coefficient (Wildman–Crippen LogP) is 4.16. The summed E-state index contributed by atoms with van der Waals surface area (Å²) in [5.74, 6) is 0.857. The van der Waals surface area contributed by atoms with Crippen LogP contribution in [0, 0.1) is 0 Å². The minimum atomic E-state index is 0.596. The van der Waals surface area contributed by atoms with Gasteiger partial charge in [-0.25, -0.2) is 0 Å². The Balaban J connectivity index is 1.77. The molecule has 0 bridgehead atoms. The van der Waals surface area contributed by atoms with E-state index in [1.807, 2.05) is 0 Å². The molecule has 2 unspecified atom stereocenters. The van der Waals surface area contributed by atoms with Crippen LogP contribution in [-0.2, 0) is 0 Å². The quantitative estimate of drug-likeness (QED) is 0.803. The summed E-state index contributed by atoms with van der Waals surface area (Å²) in [6.45, 7) is 2.31. The molecule has 2 aliphatic rings. The molecule has 1 saturated carbocycles. The first-order valence-corrected chi connectivity index (χ1v) is 7.19. The number of benzene rings is 1. The van der Waals surface area contributed by atoms with E-state index in [0.29, 0.717) is 12.1 Å². The molecule has 2 fully saturated rings. The lowest BCUT2D eigenvalue weighted by Gasteiger charge is -2.31. The first kappa shape index (κ1) is 11.3. The first-order valence-electron chi connectivity index (χ1n) is 7.19. The van der Waals surface area contributed by atoms with Gasteiger partial charge in [-0.05, 0) is 49.7 Å². The molecule has 0 aromatic heterocycles. The van der Waals surface area contributed by atoms with Gasteiger partial charge >= 0.3 is 0 Å². The van der Waals surface area contributed by atoms with Gasteiger partial charge in [0.15, 0.2) is 0 Å². The van der Waals surface area contributed by atoms with Crippen LogP contribution < -0.4 is 5.32 Å². The van der Waals surface area contributed by atoms with Crippen LogP contribution in [0.5, 0.6) is 0 Å². The second-order valence-electron chi connectivity index (χ2n) is 5.85. The predicted molar refractivity (Wildman–Crippen MR) is 72.2 cm³/mol. The standard InChI is InChI=1S/C16H23N/c1-12-5-2-10-16(17-12)15-9-4-8-14(11-15)13-6-3-7-13/h4,8-9,11-13,16-17H,2-3,5-7,10H2,1H3. The first-order chi connectivity index (χ1) is 8.33. The van der Waals surface area contributed by atoms with Crippen molar-refractivity contribution in [3.8, 4) is 0 Å². The van der Waals surface area contributed by atoms with Gasteiger partial charge in [0.2, 0.25) is 0 Å². The van der Waals surface area contributed by atoms with Gasteiger partial charge in [-0.2, -0.15) is 0 Å². The number of hydrogen-bond acceptors (Lipinski definition) is 1. The summed E-state index contributed by atoms with van der Waals surface area (Å²) >= 11 is 0. The highest BCUT2D eigenvalue weighted by molar-refractivity contribution is 5.30. The molecule has 1 heterocycles. The largest absolute Gasteiger partial charge is 0.307 e. The van der Waals surface area contributed by atoms with E-state index in [-0.39, 0.29) is 0 Å². The molecule has 0 amide bonds. The lowest BCUT2D eigenvalue weighted by atomic mass is 9.79. The van der Waals surface area contributed by atoms with Gasteiger partial charge in [0.25, 0.3) is 0 Å². The van der Waals surface area contributed by atoms with Gasteiger partial charge in [0.1, 0.15) is 0 Å². The Bertz CT molecular complexity index is 381. The second kappa shape index (κ2) is 4.81. The third-order valence-electron chi connectivity index (χ3n) is 4.51. The second-order valence-corrected chi connectivity index (χ2v) is 5.85. The smallest absolute Gasteiger partial charge is 0.0322 e. The zero-order valence-corrected chi connectivity index (χ0v) is 10.8. The van der Waals surface area contributed by atoms with Crippen molar-refractivity contribution >= 4 is 0 Å². The van der Waals surface area contributed by atoms with Gasteiger partial charge in [-0.15, -0.1) is 0 Å². The van der Waals surface area contributed by atoms with Crippen molar-refractivity contribution in [3.63, 3.8) is 0 Å². The van der Waals surface area contributed by atoms with Crippen LogP contribution in [0.15, 0.2) is 24.3 Å². The summed E-state index contributed by atoms with van der Waals surface area (Å²) < 4.78 is 0. The lowest BCUT2D eigenvalue weighted by Crippen LogP contribution is -2.34. The summed E-state index contributed by atoms with van der Waals surface area (Å²) in [7, 11) is 0. The molecule has 1 N–H and O–H groups in total. The molecule has 1 aliphatic carbocycles. The summed E-state index contributed by atoms with van der Waals surface area (Å²) in [5, 5.41) is 3.73. The average molecular weight is 229 g/mol. The number of rotatable bonds is 2. The number of piperidine rings is 1. The summed E-state index contributed by atoms with van der Waals surface area (Å²) in [6, 6.07) is 10.6. The maximum Gasteiger partial charge on any atom is 0.0322 e. The van der Waals surface area contributed by atoms with Gasteiger partial charge in [-0.3, -0.25) is 0 Å². The molecule has 92 valence electrons. The Labute approximate surface area is 105 Å². The Morgan fingerprint density at radius 3 is 2.47 bits per heavy atom. The minimum absolute atomic E-state index is 0.596. The maximum atomic E-state index is 3.73. The number of nitrogens with one attached hydrogen (secondary N) is 1. The molecule has 2 atom stereocenters. The normalized spacial score (nSPS) is 29.9. The molecule has 17 heavy (non-hydrogen) atoms. The molecule has 3 rings (SSSR count). The van der Waals surface area contributed by atoms with Crippen LogP contribution >= 0.6 is 0 Å². The fourth-order valence-corrected chi connectivity index (χ4v) is 3.17. The molecule has 0 radical (unpaired) electrons. The third-order valence-corrected chi connectivity index (χ3v) is 4.51. The van der Waals surface area contributed by atoms with E-state index < -0.39 is 0 Å². The van der Waals surface area contributed by atoms with E-state index in [0.717, 1.165) is 5.92 Å². The van der Waals surface area contributed by atoms with E-state index in [1.54, 1.807) is 5.56 Å². The lowest BCUT2D eigenvalue weighted by molar-refractivity contribution is 0.340.